The fourth-order valence-corrected chi connectivity index (χ4v) is 2.88. The quantitative estimate of drug-likeness (QED) is 0.886. The summed E-state index contributed by atoms with van der Waals surface area (Å²) in [7, 11) is 0. The number of aryl methyl sites for hydroxylation is 1. The van der Waals surface area contributed by atoms with Gasteiger partial charge in [0.05, 0.1) is 18.0 Å². The van der Waals surface area contributed by atoms with Crippen LogP contribution >= 0.6 is 0 Å². The monoisotopic (exact) mass is 294 g/mol. The van der Waals surface area contributed by atoms with Crippen LogP contribution in [0.1, 0.15) is 50.0 Å². The standard InChI is InChI=1S/C15H22N2O4/c1-10-8-11(17-21-10)9-14(18)16-13-7-5-3-2-4-6-12(13)15(19)20/h8,12-13H,2-7,9H2,1H3,(H,16,18)(H,19,20). The SMILES string of the molecule is Cc1cc(CC(=O)NC2CCCCCCC2C(=O)O)no1. The van der Waals surface area contributed by atoms with Gasteiger partial charge in [0, 0.05) is 12.1 Å². The van der Waals surface area contributed by atoms with Crippen LogP contribution in [0.3, 0.4) is 0 Å². The lowest BCUT2D eigenvalue weighted by molar-refractivity contribution is -0.143. The Bertz CT molecular complexity index is 498. The van der Waals surface area contributed by atoms with Crippen molar-refractivity contribution in [3.05, 3.63) is 17.5 Å². The van der Waals surface area contributed by atoms with Crippen molar-refractivity contribution >= 4 is 11.9 Å². The molecule has 0 saturated heterocycles. The van der Waals surface area contributed by atoms with Gasteiger partial charge in [-0.2, -0.15) is 0 Å². The van der Waals surface area contributed by atoms with E-state index in [0.29, 0.717) is 17.9 Å². The molecule has 1 heterocycles. The molecule has 116 valence electrons. The first-order valence-electron chi connectivity index (χ1n) is 7.50. The molecule has 6 heteroatoms. The number of amides is 1. The molecule has 1 fully saturated rings. The molecule has 0 radical (unpaired) electrons. The zero-order chi connectivity index (χ0) is 15.2. The number of rotatable bonds is 4. The van der Waals surface area contributed by atoms with Gasteiger partial charge in [0.25, 0.3) is 0 Å². The molecule has 21 heavy (non-hydrogen) atoms. The van der Waals surface area contributed by atoms with Crippen LogP contribution in [0.2, 0.25) is 0 Å². The number of hydrogen-bond acceptors (Lipinski definition) is 4. The molecule has 1 aromatic heterocycles. The first kappa shape index (κ1) is 15.5. The van der Waals surface area contributed by atoms with Crippen LogP contribution in [0, 0.1) is 12.8 Å². The fraction of sp³-hybridized carbons (Fsp3) is 0.667. The zero-order valence-electron chi connectivity index (χ0n) is 12.3. The molecule has 1 aliphatic carbocycles. The summed E-state index contributed by atoms with van der Waals surface area (Å²) in [4.78, 5) is 23.5. The van der Waals surface area contributed by atoms with Gasteiger partial charge >= 0.3 is 5.97 Å². The van der Waals surface area contributed by atoms with Gasteiger partial charge in [-0.1, -0.05) is 30.8 Å². The Kier molecular flexibility index (Phi) is 5.36. The number of carbonyl (C=O) groups excluding carboxylic acids is 1. The van der Waals surface area contributed by atoms with Gasteiger partial charge in [0.15, 0.2) is 0 Å². The highest BCUT2D eigenvalue weighted by atomic mass is 16.5. The van der Waals surface area contributed by atoms with Crippen LogP contribution in [-0.4, -0.2) is 28.2 Å². The second-order valence-corrected chi connectivity index (χ2v) is 5.72. The van der Waals surface area contributed by atoms with Crippen LogP contribution in [-0.2, 0) is 16.0 Å². The summed E-state index contributed by atoms with van der Waals surface area (Å²) in [5.74, 6) is -0.847. The lowest BCUT2D eigenvalue weighted by atomic mass is 9.86. The normalized spacial score (nSPS) is 23.1. The first-order chi connectivity index (χ1) is 10.1. The Labute approximate surface area is 123 Å². The third kappa shape index (κ3) is 4.58. The van der Waals surface area contributed by atoms with Crippen molar-refractivity contribution in [3.8, 4) is 0 Å². The van der Waals surface area contributed by atoms with Gasteiger partial charge in [-0.3, -0.25) is 9.59 Å². The van der Waals surface area contributed by atoms with Crippen LogP contribution in [0.5, 0.6) is 0 Å². The second kappa shape index (κ2) is 7.24. The Morgan fingerprint density at radius 2 is 2.05 bits per heavy atom. The number of carboxylic acids is 1. The van der Waals surface area contributed by atoms with E-state index in [2.05, 4.69) is 10.5 Å². The van der Waals surface area contributed by atoms with E-state index >= 15 is 0 Å². The van der Waals surface area contributed by atoms with E-state index in [1.54, 1.807) is 13.0 Å². The van der Waals surface area contributed by atoms with Crippen molar-refractivity contribution in [1.29, 1.82) is 0 Å². The second-order valence-electron chi connectivity index (χ2n) is 5.72. The lowest BCUT2D eigenvalue weighted by Crippen LogP contribution is -2.44. The molecule has 2 unspecified atom stereocenters. The van der Waals surface area contributed by atoms with E-state index in [9.17, 15) is 14.7 Å². The van der Waals surface area contributed by atoms with E-state index in [1.807, 2.05) is 0 Å². The molecule has 0 bridgehead atoms. The minimum atomic E-state index is -0.820. The molecular formula is C15H22N2O4. The third-order valence-electron chi connectivity index (χ3n) is 3.95. The maximum atomic E-state index is 12.1. The van der Waals surface area contributed by atoms with E-state index < -0.39 is 11.9 Å². The third-order valence-corrected chi connectivity index (χ3v) is 3.95. The molecule has 1 saturated carbocycles. The molecule has 1 aromatic rings. The number of hydrogen-bond donors (Lipinski definition) is 2. The molecule has 0 spiro atoms. The fourth-order valence-electron chi connectivity index (χ4n) is 2.88. The molecule has 2 rings (SSSR count). The summed E-state index contributed by atoms with van der Waals surface area (Å²) in [5.41, 5.74) is 0.572. The van der Waals surface area contributed by atoms with Gasteiger partial charge in [-0.05, 0) is 19.8 Å². The predicted molar refractivity (Wildman–Crippen MR) is 75.7 cm³/mol. The minimum absolute atomic E-state index is 0.125. The number of aliphatic carboxylic acids is 1. The minimum Gasteiger partial charge on any atom is -0.481 e. The summed E-state index contributed by atoms with van der Waals surface area (Å²) in [6.07, 6.45) is 5.51. The smallest absolute Gasteiger partial charge is 0.308 e. The number of aromatic nitrogens is 1. The lowest BCUT2D eigenvalue weighted by Gasteiger charge is -2.27. The molecule has 1 aliphatic rings. The maximum absolute atomic E-state index is 12.1. The van der Waals surface area contributed by atoms with Crippen molar-refractivity contribution in [2.24, 2.45) is 5.92 Å². The summed E-state index contributed by atoms with van der Waals surface area (Å²) in [6, 6.07) is 1.43. The highest BCUT2D eigenvalue weighted by Crippen LogP contribution is 2.23. The summed E-state index contributed by atoms with van der Waals surface area (Å²) < 4.78 is 4.93. The van der Waals surface area contributed by atoms with Crippen LogP contribution in [0.25, 0.3) is 0 Å². The molecule has 0 aliphatic heterocycles. The van der Waals surface area contributed by atoms with Crippen molar-refractivity contribution < 1.29 is 19.2 Å². The maximum Gasteiger partial charge on any atom is 0.308 e. The van der Waals surface area contributed by atoms with E-state index in [0.717, 1.165) is 32.1 Å². The molecule has 6 nitrogen and oxygen atoms in total. The molecule has 1 amide bonds. The predicted octanol–water partition coefficient (Wildman–Crippen LogP) is 2.07. The Morgan fingerprint density at radius 3 is 2.67 bits per heavy atom. The largest absolute Gasteiger partial charge is 0.481 e. The average molecular weight is 294 g/mol. The van der Waals surface area contributed by atoms with Gasteiger partial charge < -0.3 is 14.9 Å². The van der Waals surface area contributed by atoms with Crippen molar-refractivity contribution in [2.45, 2.75) is 57.9 Å². The van der Waals surface area contributed by atoms with Gasteiger partial charge in [-0.25, -0.2) is 0 Å². The highest BCUT2D eigenvalue weighted by molar-refractivity contribution is 5.79. The molecule has 2 atom stereocenters. The summed E-state index contributed by atoms with van der Waals surface area (Å²) in [5, 5.41) is 16.0. The topological polar surface area (TPSA) is 92.4 Å². The van der Waals surface area contributed by atoms with Crippen molar-refractivity contribution in [3.63, 3.8) is 0 Å². The van der Waals surface area contributed by atoms with Crippen LogP contribution in [0.4, 0.5) is 0 Å². The molecular weight excluding hydrogens is 272 g/mol. The Morgan fingerprint density at radius 1 is 1.33 bits per heavy atom. The van der Waals surface area contributed by atoms with Gasteiger partial charge in [0.1, 0.15) is 5.76 Å². The highest BCUT2D eigenvalue weighted by Gasteiger charge is 2.29. The van der Waals surface area contributed by atoms with Crippen LogP contribution in [0.15, 0.2) is 10.6 Å². The zero-order valence-corrected chi connectivity index (χ0v) is 12.3. The average Bonchev–Trinajstić information content (AvgIpc) is 2.77. The molecule has 2 N–H and O–H groups in total. The number of carboxylic acid groups (broad SMARTS) is 1. The van der Waals surface area contributed by atoms with Crippen molar-refractivity contribution in [2.75, 3.05) is 0 Å². The number of nitrogens with zero attached hydrogens (tertiary/aromatic N) is 1. The summed E-state index contributed by atoms with van der Waals surface area (Å²) in [6.45, 7) is 1.77. The first-order valence-corrected chi connectivity index (χ1v) is 7.50. The van der Waals surface area contributed by atoms with Gasteiger partial charge in [-0.15, -0.1) is 0 Å². The number of nitrogens with one attached hydrogen (secondary N) is 1. The van der Waals surface area contributed by atoms with E-state index in [-0.39, 0.29) is 18.4 Å². The van der Waals surface area contributed by atoms with E-state index in [4.69, 9.17) is 4.52 Å². The summed E-state index contributed by atoms with van der Waals surface area (Å²) >= 11 is 0. The van der Waals surface area contributed by atoms with Crippen LogP contribution < -0.4 is 5.32 Å². The Balaban J connectivity index is 1.96. The van der Waals surface area contributed by atoms with Gasteiger partial charge in [0.2, 0.25) is 5.91 Å². The van der Waals surface area contributed by atoms with E-state index in [1.165, 1.54) is 0 Å². The molecule has 0 aromatic carbocycles. The van der Waals surface area contributed by atoms with Crippen molar-refractivity contribution in [1.82, 2.24) is 10.5 Å². The Hall–Kier alpha value is -1.85. The number of carbonyl (C=O) groups is 2.